The Morgan fingerprint density at radius 1 is 1.00 bits per heavy atom. The number of piperidine rings is 1. The Morgan fingerprint density at radius 3 is 2.19 bits per heavy atom. The van der Waals surface area contributed by atoms with Crippen LogP contribution in [-0.2, 0) is 14.8 Å². The van der Waals surface area contributed by atoms with E-state index in [9.17, 15) is 17.2 Å². The standard InChI is InChI=1S/C21H26F2N8O4S/c1-34-15-4-2-3-14-16(15)25-18(17(22)23)31(14)21-27-19(26-20(28-21)30-9-11-35-12-10-30)29-7-5-13(6-8-29)36(24,32)33/h2-4,13,17H,5-12H2,1H3,(H2,24,32,33). The topological polar surface area (TPSA) is 142 Å². The molecule has 0 unspecified atom stereocenters. The lowest BCUT2D eigenvalue weighted by molar-refractivity contribution is 0.122. The maximum Gasteiger partial charge on any atom is 0.296 e. The summed E-state index contributed by atoms with van der Waals surface area (Å²) < 4.78 is 63.8. The summed E-state index contributed by atoms with van der Waals surface area (Å²) in [6.45, 7) is 2.68. The molecule has 36 heavy (non-hydrogen) atoms. The normalized spacial score (nSPS) is 17.8. The Hall–Kier alpha value is -3.17. The molecule has 2 fully saturated rings. The fraction of sp³-hybridized carbons (Fsp3) is 0.524. The van der Waals surface area contributed by atoms with Gasteiger partial charge in [0.1, 0.15) is 11.3 Å². The van der Waals surface area contributed by atoms with E-state index in [2.05, 4.69) is 19.9 Å². The first-order valence-corrected chi connectivity index (χ1v) is 13.1. The van der Waals surface area contributed by atoms with Gasteiger partial charge in [-0.15, -0.1) is 0 Å². The molecule has 5 rings (SSSR count). The Kier molecular flexibility index (Phi) is 6.61. The summed E-state index contributed by atoms with van der Waals surface area (Å²) in [7, 11) is -2.21. The third kappa shape index (κ3) is 4.65. The van der Waals surface area contributed by atoms with E-state index in [-0.39, 0.29) is 17.4 Å². The first-order chi connectivity index (χ1) is 17.3. The predicted octanol–water partition coefficient (Wildman–Crippen LogP) is 1.25. The van der Waals surface area contributed by atoms with Crippen LogP contribution >= 0.6 is 0 Å². The maximum atomic E-state index is 14.2. The minimum atomic E-state index is -3.66. The molecule has 2 aliphatic heterocycles. The van der Waals surface area contributed by atoms with Crippen molar-refractivity contribution < 1.29 is 26.7 Å². The van der Waals surface area contributed by atoms with Crippen LogP contribution in [0, 0.1) is 0 Å². The highest BCUT2D eigenvalue weighted by Gasteiger charge is 2.30. The number of primary sulfonamides is 1. The van der Waals surface area contributed by atoms with Crippen LogP contribution in [0.15, 0.2) is 18.2 Å². The van der Waals surface area contributed by atoms with Gasteiger partial charge < -0.3 is 19.3 Å². The van der Waals surface area contributed by atoms with Crippen molar-refractivity contribution >= 4 is 33.0 Å². The second-order valence-corrected chi connectivity index (χ2v) is 10.4. The number of imidazole rings is 1. The van der Waals surface area contributed by atoms with Crippen molar-refractivity contribution in [2.75, 3.05) is 56.3 Å². The highest BCUT2D eigenvalue weighted by atomic mass is 32.2. The van der Waals surface area contributed by atoms with E-state index in [0.717, 1.165) is 0 Å². The van der Waals surface area contributed by atoms with Crippen molar-refractivity contribution in [1.82, 2.24) is 24.5 Å². The van der Waals surface area contributed by atoms with Gasteiger partial charge in [-0.2, -0.15) is 15.0 Å². The zero-order chi connectivity index (χ0) is 25.4. The number of nitrogens with zero attached hydrogens (tertiary/aromatic N) is 7. The Bertz CT molecular complexity index is 1360. The lowest BCUT2D eigenvalue weighted by Crippen LogP contribution is -2.43. The van der Waals surface area contributed by atoms with E-state index < -0.39 is 27.5 Å². The van der Waals surface area contributed by atoms with Gasteiger partial charge in [0.25, 0.3) is 6.43 Å². The molecule has 1 aromatic carbocycles. The summed E-state index contributed by atoms with van der Waals surface area (Å²) in [5.41, 5.74) is 0.627. The van der Waals surface area contributed by atoms with Gasteiger partial charge in [0.2, 0.25) is 27.9 Å². The fourth-order valence-corrected chi connectivity index (χ4v) is 5.35. The zero-order valence-electron chi connectivity index (χ0n) is 19.5. The smallest absolute Gasteiger partial charge is 0.296 e. The van der Waals surface area contributed by atoms with Crippen LogP contribution in [0.4, 0.5) is 20.7 Å². The molecule has 0 radical (unpaired) electrons. The monoisotopic (exact) mass is 524 g/mol. The first-order valence-electron chi connectivity index (χ1n) is 11.5. The highest BCUT2D eigenvalue weighted by Crippen LogP contribution is 2.32. The van der Waals surface area contributed by atoms with Gasteiger partial charge in [0, 0.05) is 26.2 Å². The molecule has 3 aromatic rings. The van der Waals surface area contributed by atoms with Crippen LogP contribution in [0.25, 0.3) is 17.0 Å². The molecule has 0 saturated carbocycles. The zero-order valence-corrected chi connectivity index (χ0v) is 20.4. The summed E-state index contributed by atoms with van der Waals surface area (Å²) >= 11 is 0. The van der Waals surface area contributed by atoms with Crippen LogP contribution in [0.2, 0.25) is 0 Å². The van der Waals surface area contributed by atoms with Gasteiger partial charge >= 0.3 is 0 Å². The number of anilines is 2. The van der Waals surface area contributed by atoms with Crippen molar-refractivity contribution in [3.63, 3.8) is 0 Å². The lowest BCUT2D eigenvalue weighted by atomic mass is 10.1. The third-order valence-electron chi connectivity index (χ3n) is 6.37. The van der Waals surface area contributed by atoms with Gasteiger partial charge in [0.15, 0.2) is 5.82 Å². The molecule has 0 spiro atoms. The Morgan fingerprint density at radius 2 is 1.61 bits per heavy atom. The van der Waals surface area contributed by atoms with Crippen molar-refractivity contribution in [3.05, 3.63) is 24.0 Å². The first kappa shape index (κ1) is 24.5. The number of hydrogen-bond donors (Lipinski definition) is 1. The summed E-state index contributed by atoms with van der Waals surface area (Å²) in [4.78, 5) is 21.6. The van der Waals surface area contributed by atoms with Crippen LogP contribution in [0.3, 0.4) is 0 Å². The van der Waals surface area contributed by atoms with E-state index in [1.165, 1.54) is 11.7 Å². The minimum Gasteiger partial charge on any atom is -0.494 e. The number of halogens is 2. The summed E-state index contributed by atoms with van der Waals surface area (Å²) in [6.07, 6.45) is -2.29. The highest BCUT2D eigenvalue weighted by molar-refractivity contribution is 7.89. The molecule has 12 nitrogen and oxygen atoms in total. The lowest BCUT2D eigenvalue weighted by Gasteiger charge is -2.32. The number of morpholine rings is 1. The number of hydrogen-bond acceptors (Lipinski definition) is 10. The molecular weight excluding hydrogens is 498 g/mol. The number of para-hydroxylation sites is 1. The molecule has 15 heteroatoms. The number of methoxy groups -OCH3 is 1. The Balaban J connectivity index is 1.63. The van der Waals surface area contributed by atoms with Crippen LogP contribution in [0.5, 0.6) is 5.75 Å². The molecule has 0 aliphatic carbocycles. The maximum absolute atomic E-state index is 14.2. The Labute approximate surface area is 206 Å². The molecule has 194 valence electrons. The van der Waals surface area contributed by atoms with Crippen LogP contribution in [0.1, 0.15) is 25.1 Å². The average Bonchev–Trinajstić information content (AvgIpc) is 3.29. The number of nitrogens with two attached hydrogens (primary N) is 1. The summed E-state index contributed by atoms with van der Waals surface area (Å²) in [6, 6.07) is 4.96. The van der Waals surface area contributed by atoms with Crippen molar-refractivity contribution in [3.8, 4) is 11.7 Å². The quantitative estimate of drug-likeness (QED) is 0.501. The molecule has 0 amide bonds. The molecule has 2 aliphatic rings. The molecule has 0 bridgehead atoms. The van der Waals surface area contributed by atoms with Gasteiger partial charge in [-0.25, -0.2) is 27.3 Å². The fourth-order valence-electron chi connectivity index (χ4n) is 4.49. The second-order valence-electron chi connectivity index (χ2n) is 8.54. The van der Waals surface area contributed by atoms with Gasteiger partial charge in [-0.1, -0.05) is 6.07 Å². The number of fused-ring (bicyclic) bond motifs is 1. The van der Waals surface area contributed by atoms with Crippen molar-refractivity contribution in [2.45, 2.75) is 24.5 Å². The third-order valence-corrected chi connectivity index (χ3v) is 7.77. The van der Waals surface area contributed by atoms with Gasteiger partial charge in [-0.05, 0) is 25.0 Å². The van der Waals surface area contributed by atoms with Gasteiger partial charge in [-0.3, -0.25) is 4.57 Å². The number of sulfonamides is 1. The van der Waals surface area contributed by atoms with E-state index in [1.807, 2.05) is 9.80 Å². The van der Waals surface area contributed by atoms with E-state index in [0.29, 0.717) is 69.4 Å². The molecule has 4 heterocycles. The minimum absolute atomic E-state index is 0.0129. The predicted molar refractivity (Wildman–Crippen MR) is 127 cm³/mol. The summed E-state index contributed by atoms with van der Waals surface area (Å²) in [5.74, 6) is 0.394. The summed E-state index contributed by atoms with van der Waals surface area (Å²) in [5, 5.41) is 4.68. The molecular formula is C21H26F2N8O4S. The van der Waals surface area contributed by atoms with E-state index in [4.69, 9.17) is 14.6 Å². The number of rotatable bonds is 6. The molecule has 0 atom stereocenters. The number of ether oxygens (including phenoxy) is 2. The molecule has 2 N–H and O–H groups in total. The van der Waals surface area contributed by atoms with E-state index in [1.54, 1.807) is 18.2 Å². The van der Waals surface area contributed by atoms with Crippen molar-refractivity contribution in [2.24, 2.45) is 5.14 Å². The van der Waals surface area contributed by atoms with E-state index >= 15 is 0 Å². The number of benzene rings is 1. The van der Waals surface area contributed by atoms with Gasteiger partial charge in [0.05, 0.1) is 31.1 Å². The largest absolute Gasteiger partial charge is 0.494 e. The van der Waals surface area contributed by atoms with Crippen LogP contribution in [-0.4, -0.2) is 84.7 Å². The number of alkyl halides is 2. The second kappa shape index (κ2) is 9.71. The van der Waals surface area contributed by atoms with Crippen LogP contribution < -0.4 is 19.7 Å². The molecule has 2 saturated heterocycles. The average molecular weight is 525 g/mol. The SMILES string of the molecule is COc1cccc2c1nc(C(F)F)n2-c1nc(N2CCOCC2)nc(N2CCC(S(N)(=O)=O)CC2)n1. The number of aromatic nitrogens is 5. The van der Waals surface area contributed by atoms with Crippen molar-refractivity contribution in [1.29, 1.82) is 0 Å². The molecule has 2 aromatic heterocycles.